The number of imide groups is 1. The van der Waals surface area contributed by atoms with E-state index in [2.05, 4.69) is 15.7 Å². The van der Waals surface area contributed by atoms with Gasteiger partial charge in [0.25, 0.3) is 5.91 Å². The summed E-state index contributed by atoms with van der Waals surface area (Å²) in [5.74, 6) is -0.519. The molecule has 1 atom stereocenters. The van der Waals surface area contributed by atoms with Crippen molar-refractivity contribution >= 4 is 23.7 Å². The van der Waals surface area contributed by atoms with Gasteiger partial charge in [-0.3, -0.25) is 14.5 Å². The van der Waals surface area contributed by atoms with Crippen molar-refractivity contribution in [3.05, 3.63) is 103 Å². The Bertz CT molecular complexity index is 1400. The van der Waals surface area contributed by atoms with E-state index in [9.17, 15) is 14.4 Å². The largest absolute Gasteiger partial charge is 0.325 e. The van der Waals surface area contributed by atoms with E-state index in [1.54, 1.807) is 22.9 Å². The van der Waals surface area contributed by atoms with Crippen molar-refractivity contribution < 1.29 is 14.4 Å². The van der Waals surface area contributed by atoms with Crippen LogP contribution in [0.15, 0.2) is 97.1 Å². The average Bonchev–Trinajstić information content (AvgIpc) is 3.45. The van der Waals surface area contributed by atoms with E-state index < -0.39 is 29.9 Å². The molecule has 4 aromatic rings. The van der Waals surface area contributed by atoms with Crippen molar-refractivity contribution in [2.75, 3.05) is 11.9 Å². The van der Waals surface area contributed by atoms with Crippen LogP contribution >= 0.6 is 0 Å². The molecule has 1 aliphatic rings. The maximum absolute atomic E-state index is 13.4. The molecular weight excluding hydrogens is 454 g/mol. The number of carbonyl (C=O) groups is 3. The fourth-order valence-corrected chi connectivity index (χ4v) is 4.44. The van der Waals surface area contributed by atoms with E-state index in [0.29, 0.717) is 23.5 Å². The molecule has 0 saturated carbocycles. The van der Waals surface area contributed by atoms with E-state index in [0.717, 1.165) is 16.2 Å². The van der Waals surface area contributed by atoms with Gasteiger partial charge < -0.3 is 10.6 Å². The number of aromatic nitrogens is 2. The van der Waals surface area contributed by atoms with Crippen LogP contribution in [0.5, 0.6) is 0 Å². The highest BCUT2D eigenvalue weighted by molar-refractivity contribution is 6.10. The van der Waals surface area contributed by atoms with Crippen LogP contribution in [-0.4, -0.2) is 39.1 Å². The minimum absolute atomic E-state index is 0.362. The second-order valence-corrected chi connectivity index (χ2v) is 8.52. The lowest BCUT2D eigenvalue weighted by atomic mass is 9.87. The summed E-state index contributed by atoms with van der Waals surface area (Å²) in [4.78, 5) is 40.2. The van der Waals surface area contributed by atoms with Gasteiger partial charge >= 0.3 is 6.03 Å². The summed E-state index contributed by atoms with van der Waals surface area (Å²) in [5.41, 5.74) is 1.83. The Labute approximate surface area is 208 Å². The molecule has 8 heteroatoms. The zero-order valence-electron chi connectivity index (χ0n) is 19.7. The van der Waals surface area contributed by atoms with Crippen LogP contribution in [0.4, 0.5) is 10.6 Å². The molecule has 1 aliphatic heterocycles. The SMILES string of the molecule is CCC1(c2ccccc2)NC(=O)N(CC(=O)Nc2cc(-c3ccccc3)nn2-c2ccccc2)C1=O. The zero-order valence-corrected chi connectivity index (χ0v) is 19.7. The van der Waals surface area contributed by atoms with Crippen LogP contribution in [0.2, 0.25) is 0 Å². The Balaban J connectivity index is 1.41. The molecule has 180 valence electrons. The first-order valence-electron chi connectivity index (χ1n) is 11.7. The Morgan fingerprint density at radius 1 is 0.917 bits per heavy atom. The first-order valence-corrected chi connectivity index (χ1v) is 11.7. The number of carbonyl (C=O) groups excluding carboxylic acids is 3. The maximum atomic E-state index is 13.4. The van der Waals surface area contributed by atoms with Gasteiger partial charge in [-0.15, -0.1) is 0 Å². The van der Waals surface area contributed by atoms with Crippen LogP contribution in [0.1, 0.15) is 18.9 Å². The van der Waals surface area contributed by atoms with E-state index in [4.69, 9.17) is 0 Å². The molecule has 3 aromatic carbocycles. The van der Waals surface area contributed by atoms with Crippen LogP contribution in [0, 0.1) is 0 Å². The smallest absolute Gasteiger partial charge is 0.319 e. The summed E-state index contributed by atoms with van der Waals surface area (Å²) >= 11 is 0. The zero-order chi connectivity index (χ0) is 25.1. The molecular formula is C28H25N5O3. The number of anilines is 1. The lowest BCUT2D eigenvalue weighted by Gasteiger charge is -2.25. The fourth-order valence-electron chi connectivity index (χ4n) is 4.44. The molecule has 36 heavy (non-hydrogen) atoms. The van der Waals surface area contributed by atoms with Crippen molar-refractivity contribution in [2.24, 2.45) is 0 Å². The molecule has 0 aliphatic carbocycles. The number of para-hydroxylation sites is 1. The summed E-state index contributed by atoms with van der Waals surface area (Å²) in [6.45, 7) is 1.41. The molecule has 4 amide bonds. The van der Waals surface area contributed by atoms with Gasteiger partial charge in [0.2, 0.25) is 5.91 Å². The second-order valence-electron chi connectivity index (χ2n) is 8.52. The standard InChI is InChI=1S/C28H25N5O3/c1-2-28(21-14-8-4-9-15-21)26(35)32(27(36)30-28)19-25(34)29-24-18-23(20-12-6-3-7-13-20)31-33(24)22-16-10-5-11-17-22/h3-18H,2,19H2,1H3,(H,29,34)(H,30,36). The number of benzene rings is 3. The van der Waals surface area contributed by atoms with Crippen LogP contribution in [0.3, 0.4) is 0 Å². The highest BCUT2D eigenvalue weighted by Gasteiger charge is 2.51. The molecule has 5 rings (SSSR count). The molecule has 2 heterocycles. The van der Waals surface area contributed by atoms with Crippen LogP contribution in [0.25, 0.3) is 16.9 Å². The third-order valence-electron chi connectivity index (χ3n) is 6.32. The fraction of sp³-hybridized carbons (Fsp3) is 0.143. The summed E-state index contributed by atoms with van der Waals surface area (Å²) in [5, 5.41) is 10.3. The molecule has 1 saturated heterocycles. The number of rotatable bonds is 7. The second kappa shape index (κ2) is 9.50. The Hall–Kier alpha value is -4.72. The van der Waals surface area contributed by atoms with Crippen LogP contribution < -0.4 is 10.6 Å². The van der Waals surface area contributed by atoms with Gasteiger partial charge in [-0.05, 0) is 24.1 Å². The van der Waals surface area contributed by atoms with E-state index in [1.807, 2.05) is 85.8 Å². The minimum atomic E-state index is -1.19. The first kappa shape index (κ1) is 23.0. The predicted octanol–water partition coefficient (Wildman–Crippen LogP) is 4.34. The van der Waals surface area contributed by atoms with Gasteiger partial charge in [-0.25, -0.2) is 9.48 Å². The highest BCUT2D eigenvalue weighted by Crippen LogP contribution is 2.32. The van der Waals surface area contributed by atoms with Crippen molar-refractivity contribution in [1.29, 1.82) is 0 Å². The van der Waals surface area contributed by atoms with Crippen molar-refractivity contribution in [3.8, 4) is 16.9 Å². The van der Waals surface area contributed by atoms with Gasteiger partial charge in [0.1, 0.15) is 17.9 Å². The summed E-state index contributed by atoms with van der Waals surface area (Å²) < 4.78 is 1.63. The number of amides is 4. The molecule has 0 spiro atoms. The summed E-state index contributed by atoms with van der Waals surface area (Å²) in [7, 11) is 0. The molecule has 1 unspecified atom stereocenters. The summed E-state index contributed by atoms with van der Waals surface area (Å²) in [6.07, 6.45) is 0.362. The van der Waals surface area contributed by atoms with E-state index in [-0.39, 0.29) is 0 Å². The predicted molar refractivity (Wildman–Crippen MR) is 136 cm³/mol. The number of nitrogens with zero attached hydrogens (tertiary/aromatic N) is 3. The molecule has 1 fully saturated rings. The molecule has 2 N–H and O–H groups in total. The number of hydrogen-bond acceptors (Lipinski definition) is 4. The van der Waals surface area contributed by atoms with Crippen molar-refractivity contribution in [3.63, 3.8) is 0 Å². The first-order chi connectivity index (χ1) is 17.5. The summed E-state index contributed by atoms with van der Waals surface area (Å²) in [6, 6.07) is 29.3. The lowest BCUT2D eigenvalue weighted by Crippen LogP contribution is -2.44. The Kier molecular flexibility index (Phi) is 6.08. The molecule has 0 radical (unpaired) electrons. The normalized spacial score (nSPS) is 17.2. The third kappa shape index (κ3) is 4.13. The Morgan fingerprint density at radius 2 is 1.53 bits per heavy atom. The molecule has 1 aromatic heterocycles. The molecule has 0 bridgehead atoms. The van der Waals surface area contributed by atoms with E-state index >= 15 is 0 Å². The highest BCUT2D eigenvalue weighted by atomic mass is 16.2. The number of hydrogen-bond donors (Lipinski definition) is 2. The maximum Gasteiger partial charge on any atom is 0.325 e. The Morgan fingerprint density at radius 3 is 2.17 bits per heavy atom. The monoisotopic (exact) mass is 479 g/mol. The number of nitrogens with one attached hydrogen (secondary N) is 2. The van der Waals surface area contributed by atoms with Gasteiger partial charge in [-0.2, -0.15) is 5.10 Å². The number of urea groups is 1. The van der Waals surface area contributed by atoms with Gasteiger partial charge in [0.15, 0.2) is 0 Å². The minimum Gasteiger partial charge on any atom is -0.319 e. The third-order valence-corrected chi connectivity index (χ3v) is 6.32. The van der Waals surface area contributed by atoms with Gasteiger partial charge in [-0.1, -0.05) is 85.8 Å². The quantitative estimate of drug-likeness (QED) is 0.386. The van der Waals surface area contributed by atoms with E-state index in [1.165, 1.54) is 0 Å². The van der Waals surface area contributed by atoms with Crippen LogP contribution in [-0.2, 0) is 15.1 Å². The molecule has 8 nitrogen and oxygen atoms in total. The lowest BCUT2D eigenvalue weighted by molar-refractivity contribution is -0.134. The van der Waals surface area contributed by atoms with Crippen molar-refractivity contribution in [2.45, 2.75) is 18.9 Å². The van der Waals surface area contributed by atoms with Gasteiger partial charge in [0, 0.05) is 11.6 Å². The average molecular weight is 480 g/mol. The topological polar surface area (TPSA) is 96.3 Å². The van der Waals surface area contributed by atoms with Gasteiger partial charge in [0.05, 0.1) is 11.4 Å². The van der Waals surface area contributed by atoms with Crippen molar-refractivity contribution in [1.82, 2.24) is 20.0 Å².